The molecular formula is C21H30O2. The minimum Gasteiger partial charge on any atom is -0.508 e. The molecule has 2 aromatic carbocycles. The van der Waals surface area contributed by atoms with E-state index in [-0.39, 0.29) is 5.41 Å². The van der Waals surface area contributed by atoms with Crippen LogP contribution in [-0.4, -0.2) is 10.2 Å². The molecule has 0 aliphatic heterocycles. The Morgan fingerprint density at radius 3 is 1.70 bits per heavy atom. The molecule has 2 nitrogen and oxygen atoms in total. The van der Waals surface area contributed by atoms with Gasteiger partial charge < -0.3 is 10.2 Å². The highest BCUT2D eigenvalue weighted by Crippen LogP contribution is 2.36. The van der Waals surface area contributed by atoms with Crippen LogP contribution < -0.4 is 0 Å². The number of aryl methyl sites for hydroxylation is 1. The second-order valence-corrected chi connectivity index (χ2v) is 7.95. The molecule has 23 heavy (non-hydrogen) atoms. The van der Waals surface area contributed by atoms with E-state index in [0.29, 0.717) is 16.9 Å². The zero-order valence-corrected chi connectivity index (χ0v) is 15.2. The number of aromatic hydroxyl groups is 2. The van der Waals surface area contributed by atoms with E-state index in [1.807, 2.05) is 37.3 Å². The molecule has 2 rings (SSSR count). The molecule has 2 heteroatoms. The van der Waals surface area contributed by atoms with Gasteiger partial charge in [-0.2, -0.15) is 0 Å². The van der Waals surface area contributed by atoms with Crippen molar-refractivity contribution in [1.82, 2.24) is 0 Å². The first-order valence-electron chi connectivity index (χ1n) is 8.05. The molecule has 0 saturated carbocycles. The normalized spacial score (nSPS) is 11.6. The van der Waals surface area contributed by atoms with Crippen LogP contribution >= 0.6 is 0 Å². The largest absolute Gasteiger partial charge is 0.508 e. The lowest BCUT2D eigenvalue weighted by molar-refractivity contribution is 0.284. The molecule has 0 unspecified atom stereocenters. The van der Waals surface area contributed by atoms with Crippen molar-refractivity contribution in [2.75, 3.05) is 0 Å². The first-order chi connectivity index (χ1) is 10.5. The van der Waals surface area contributed by atoms with Gasteiger partial charge in [0.15, 0.2) is 0 Å². The van der Waals surface area contributed by atoms with Crippen molar-refractivity contribution in [1.29, 1.82) is 0 Å². The van der Waals surface area contributed by atoms with Crippen LogP contribution in [0.15, 0.2) is 48.5 Å². The number of benzene rings is 2. The molecule has 0 saturated heterocycles. The Morgan fingerprint density at radius 1 is 0.783 bits per heavy atom. The summed E-state index contributed by atoms with van der Waals surface area (Å²) in [5, 5.41) is 18.2. The molecule has 0 fully saturated rings. The van der Waals surface area contributed by atoms with E-state index >= 15 is 0 Å². The Bertz CT molecular complexity index is 583. The summed E-state index contributed by atoms with van der Waals surface area (Å²) in [4.78, 5) is 0. The summed E-state index contributed by atoms with van der Waals surface area (Å²) in [6.07, 6.45) is 1.13. The minimum absolute atomic E-state index is 0.159. The third-order valence-corrected chi connectivity index (χ3v) is 3.74. The number of para-hydroxylation sites is 1. The van der Waals surface area contributed by atoms with E-state index in [4.69, 9.17) is 5.11 Å². The van der Waals surface area contributed by atoms with Crippen molar-refractivity contribution in [3.63, 3.8) is 0 Å². The standard InChI is InChI=1S/C14H22O.C7H8O/c1-13(2,3)10-14(4,5)11-6-8-12(15)9-7-11;1-6-4-2-3-5-7(6)8/h6-9,15H,10H2,1-5H3;2-5,8H,1H3. The van der Waals surface area contributed by atoms with Gasteiger partial charge in [0.1, 0.15) is 11.5 Å². The Hall–Kier alpha value is -1.96. The second kappa shape index (κ2) is 7.54. The van der Waals surface area contributed by atoms with Crippen molar-refractivity contribution in [3.8, 4) is 11.5 Å². The summed E-state index contributed by atoms with van der Waals surface area (Å²) in [6, 6.07) is 14.8. The highest BCUT2D eigenvalue weighted by Gasteiger charge is 2.26. The van der Waals surface area contributed by atoms with Crippen LogP contribution in [0.4, 0.5) is 0 Å². The molecule has 0 atom stereocenters. The maximum atomic E-state index is 9.25. The van der Waals surface area contributed by atoms with E-state index < -0.39 is 0 Å². The lowest BCUT2D eigenvalue weighted by Gasteiger charge is -2.33. The molecule has 126 valence electrons. The van der Waals surface area contributed by atoms with E-state index in [2.05, 4.69) is 34.6 Å². The van der Waals surface area contributed by atoms with Crippen molar-refractivity contribution >= 4 is 0 Å². The van der Waals surface area contributed by atoms with Gasteiger partial charge in [-0.15, -0.1) is 0 Å². The molecule has 0 aliphatic rings. The van der Waals surface area contributed by atoms with E-state index in [9.17, 15) is 5.11 Å². The van der Waals surface area contributed by atoms with Gasteiger partial charge in [-0.25, -0.2) is 0 Å². The molecule has 2 aromatic rings. The highest BCUT2D eigenvalue weighted by molar-refractivity contribution is 5.31. The quantitative estimate of drug-likeness (QED) is 0.734. The smallest absolute Gasteiger partial charge is 0.118 e. The van der Waals surface area contributed by atoms with E-state index in [1.165, 1.54) is 5.56 Å². The predicted octanol–water partition coefficient (Wildman–Crippen LogP) is 5.81. The topological polar surface area (TPSA) is 40.5 Å². The summed E-state index contributed by atoms with van der Waals surface area (Å²) in [5.41, 5.74) is 2.69. The van der Waals surface area contributed by atoms with Crippen LogP contribution in [-0.2, 0) is 5.41 Å². The number of rotatable bonds is 2. The fourth-order valence-corrected chi connectivity index (χ4v) is 2.90. The maximum Gasteiger partial charge on any atom is 0.118 e. The van der Waals surface area contributed by atoms with Gasteiger partial charge in [-0.05, 0) is 53.5 Å². The molecule has 2 N–H and O–H groups in total. The van der Waals surface area contributed by atoms with Gasteiger partial charge in [0.2, 0.25) is 0 Å². The SMILES string of the molecule is CC(C)(C)CC(C)(C)c1ccc(O)cc1.Cc1ccccc1O. The predicted molar refractivity (Wildman–Crippen MR) is 98.0 cm³/mol. The Balaban J connectivity index is 0.000000277. The Kier molecular flexibility index (Phi) is 6.26. The van der Waals surface area contributed by atoms with Gasteiger partial charge in [-0.1, -0.05) is 65.0 Å². The fraction of sp³-hybridized carbons (Fsp3) is 0.429. The van der Waals surface area contributed by atoms with Crippen LogP contribution in [0.3, 0.4) is 0 Å². The molecule has 0 heterocycles. The van der Waals surface area contributed by atoms with Gasteiger partial charge in [0.25, 0.3) is 0 Å². The highest BCUT2D eigenvalue weighted by atomic mass is 16.3. The lowest BCUT2D eigenvalue weighted by atomic mass is 9.72. The zero-order chi connectivity index (χ0) is 17.7. The van der Waals surface area contributed by atoms with Crippen molar-refractivity contribution in [2.45, 2.75) is 53.4 Å². The Morgan fingerprint density at radius 2 is 1.30 bits per heavy atom. The molecule has 0 spiro atoms. The van der Waals surface area contributed by atoms with Crippen molar-refractivity contribution in [2.24, 2.45) is 5.41 Å². The molecule has 0 amide bonds. The summed E-state index contributed by atoms with van der Waals surface area (Å²) < 4.78 is 0. The van der Waals surface area contributed by atoms with Gasteiger partial charge in [0.05, 0.1) is 0 Å². The monoisotopic (exact) mass is 314 g/mol. The summed E-state index contributed by atoms with van der Waals surface area (Å²) in [6.45, 7) is 13.2. The minimum atomic E-state index is 0.159. The first kappa shape index (κ1) is 19.1. The average Bonchev–Trinajstić information content (AvgIpc) is 2.41. The third-order valence-electron chi connectivity index (χ3n) is 3.74. The van der Waals surface area contributed by atoms with Gasteiger partial charge in [0, 0.05) is 0 Å². The number of phenols is 2. The number of hydrogen-bond donors (Lipinski definition) is 2. The van der Waals surface area contributed by atoms with Gasteiger partial charge >= 0.3 is 0 Å². The van der Waals surface area contributed by atoms with Crippen molar-refractivity contribution < 1.29 is 10.2 Å². The average molecular weight is 314 g/mol. The van der Waals surface area contributed by atoms with Crippen LogP contribution in [0.2, 0.25) is 0 Å². The first-order valence-corrected chi connectivity index (χ1v) is 8.05. The Labute approximate surface area is 140 Å². The lowest BCUT2D eigenvalue weighted by Crippen LogP contribution is -2.24. The van der Waals surface area contributed by atoms with Crippen LogP contribution in [0, 0.1) is 12.3 Å². The molecule has 0 aromatic heterocycles. The van der Waals surface area contributed by atoms with Crippen LogP contribution in [0.1, 0.15) is 52.2 Å². The van der Waals surface area contributed by atoms with Crippen LogP contribution in [0.25, 0.3) is 0 Å². The summed E-state index contributed by atoms with van der Waals surface area (Å²) in [7, 11) is 0. The van der Waals surface area contributed by atoms with Crippen LogP contribution in [0.5, 0.6) is 11.5 Å². The third kappa shape index (κ3) is 6.77. The molecule has 0 bridgehead atoms. The maximum absolute atomic E-state index is 9.25. The molecular weight excluding hydrogens is 284 g/mol. The summed E-state index contributed by atoms with van der Waals surface area (Å²) in [5.74, 6) is 0.706. The van der Waals surface area contributed by atoms with E-state index in [1.54, 1.807) is 18.2 Å². The molecule has 0 radical (unpaired) electrons. The zero-order valence-electron chi connectivity index (χ0n) is 15.2. The van der Waals surface area contributed by atoms with Gasteiger partial charge in [-0.3, -0.25) is 0 Å². The number of hydrogen-bond acceptors (Lipinski definition) is 2. The van der Waals surface area contributed by atoms with E-state index in [0.717, 1.165) is 12.0 Å². The number of phenolic OH excluding ortho intramolecular Hbond substituents is 2. The summed E-state index contributed by atoms with van der Waals surface area (Å²) >= 11 is 0. The van der Waals surface area contributed by atoms with Crippen molar-refractivity contribution in [3.05, 3.63) is 59.7 Å². The second-order valence-electron chi connectivity index (χ2n) is 7.95. The molecule has 0 aliphatic carbocycles. The fourth-order valence-electron chi connectivity index (χ4n) is 2.90.